The van der Waals surface area contributed by atoms with Crippen LogP contribution in [0.5, 0.6) is 0 Å². The van der Waals surface area contributed by atoms with Crippen molar-refractivity contribution in [1.82, 2.24) is 4.90 Å². The first-order valence-electron chi connectivity index (χ1n) is 5.22. The van der Waals surface area contributed by atoms with E-state index in [2.05, 4.69) is 25.3 Å². The molecule has 2 heteroatoms. The van der Waals surface area contributed by atoms with Crippen molar-refractivity contribution in [2.75, 3.05) is 26.2 Å². The molecule has 1 heterocycles. The van der Waals surface area contributed by atoms with Crippen molar-refractivity contribution in [2.24, 2.45) is 17.6 Å². The van der Waals surface area contributed by atoms with Gasteiger partial charge < -0.3 is 5.73 Å². The van der Waals surface area contributed by atoms with Crippen molar-refractivity contribution in [1.29, 1.82) is 0 Å². The van der Waals surface area contributed by atoms with Gasteiger partial charge in [0.2, 0.25) is 0 Å². The molecule has 0 radical (unpaired) electrons. The van der Waals surface area contributed by atoms with Gasteiger partial charge in [-0.05, 0) is 30.4 Å². The Bertz CT molecular complexity index is 177. The van der Waals surface area contributed by atoms with Crippen LogP contribution in [0.2, 0.25) is 0 Å². The highest BCUT2D eigenvalue weighted by Gasteiger charge is 2.22. The third kappa shape index (κ3) is 3.12. The molecular formula is C11H22N2. The minimum absolute atomic E-state index is 0.625. The zero-order valence-electron chi connectivity index (χ0n) is 8.92. The Balaban J connectivity index is 2.33. The molecule has 1 rings (SSSR count). The van der Waals surface area contributed by atoms with Crippen molar-refractivity contribution >= 4 is 0 Å². The van der Waals surface area contributed by atoms with Crippen LogP contribution in [0, 0.1) is 11.8 Å². The van der Waals surface area contributed by atoms with Gasteiger partial charge in [-0.1, -0.05) is 20.4 Å². The Kier molecular flexibility index (Phi) is 3.94. The van der Waals surface area contributed by atoms with Gasteiger partial charge in [0.05, 0.1) is 0 Å². The van der Waals surface area contributed by atoms with E-state index in [0.29, 0.717) is 6.54 Å². The van der Waals surface area contributed by atoms with Gasteiger partial charge in [-0.15, -0.1) is 0 Å². The molecule has 76 valence electrons. The van der Waals surface area contributed by atoms with Gasteiger partial charge in [-0.3, -0.25) is 4.90 Å². The fourth-order valence-electron chi connectivity index (χ4n) is 1.87. The first-order valence-corrected chi connectivity index (χ1v) is 5.22. The lowest BCUT2D eigenvalue weighted by Gasteiger charge is -2.35. The topological polar surface area (TPSA) is 29.3 Å². The number of nitrogens with two attached hydrogens (primary N) is 1. The lowest BCUT2D eigenvalue weighted by molar-refractivity contribution is 0.148. The van der Waals surface area contributed by atoms with Gasteiger partial charge in [-0.25, -0.2) is 0 Å². The molecule has 0 aliphatic carbocycles. The summed E-state index contributed by atoms with van der Waals surface area (Å²) in [6, 6.07) is 0. The molecule has 0 aromatic heterocycles. The van der Waals surface area contributed by atoms with Crippen LogP contribution >= 0.6 is 0 Å². The fraction of sp³-hybridized carbons (Fsp3) is 0.818. The summed E-state index contributed by atoms with van der Waals surface area (Å²) >= 11 is 0. The summed E-state index contributed by atoms with van der Waals surface area (Å²) in [4.78, 5) is 2.47. The van der Waals surface area contributed by atoms with E-state index < -0.39 is 0 Å². The number of piperidine rings is 1. The zero-order valence-corrected chi connectivity index (χ0v) is 8.92. The van der Waals surface area contributed by atoms with Crippen molar-refractivity contribution in [3.63, 3.8) is 0 Å². The first kappa shape index (κ1) is 10.7. The summed E-state index contributed by atoms with van der Waals surface area (Å²) in [6.45, 7) is 12.7. The first-order chi connectivity index (χ1) is 6.13. The second kappa shape index (κ2) is 4.77. The van der Waals surface area contributed by atoms with E-state index in [4.69, 9.17) is 5.73 Å². The summed E-state index contributed by atoms with van der Waals surface area (Å²) in [5.74, 6) is 1.70. The van der Waals surface area contributed by atoms with Gasteiger partial charge in [0, 0.05) is 19.6 Å². The molecule has 2 atom stereocenters. The molecule has 0 spiro atoms. The van der Waals surface area contributed by atoms with Crippen LogP contribution in [0.1, 0.15) is 20.3 Å². The Morgan fingerprint density at radius 1 is 1.46 bits per heavy atom. The second-order valence-electron chi connectivity index (χ2n) is 4.43. The van der Waals surface area contributed by atoms with E-state index in [0.717, 1.165) is 24.0 Å². The van der Waals surface area contributed by atoms with Gasteiger partial charge >= 0.3 is 0 Å². The zero-order chi connectivity index (χ0) is 9.84. The van der Waals surface area contributed by atoms with E-state index in [1.807, 2.05) is 0 Å². The fourth-order valence-corrected chi connectivity index (χ4v) is 1.87. The summed E-state index contributed by atoms with van der Waals surface area (Å²) in [5.41, 5.74) is 6.68. The minimum atomic E-state index is 0.625. The SMILES string of the molecule is C=C(CN)CN1CCC(C)C(C)C1. The molecule has 1 fully saturated rings. The molecule has 0 aromatic carbocycles. The number of rotatable bonds is 3. The average Bonchev–Trinajstić information content (AvgIpc) is 2.11. The van der Waals surface area contributed by atoms with Crippen LogP contribution in [0.3, 0.4) is 0 Å². The standard InChI is InChI=1S/C11H22N2/c1-9(6-12)7-13-5-4-10(2)11(3)8-13/h10-11H,1,4-8,12H2,2-3H3. The van der Waals surface area contributed by atoms with Crippen LogP contribution in [0.25, 0.3) is 0 Å². The lowest BCUT2D eigenvalue weighted by Crippen LogP contribution is -2.39. The van der Waals surface area contributed by atoms with Gasteiger partial charge in [0.15, 0.2) is 0 Å². The molecule has 0 amide bonds. The Labute approximate surface area is 81.8 Å². The maximum Gasteiger partial charge on any atom is 0.0202 e. The maximum absolute atomic E-state index is 5.52. The molecule has 0 saturated carbocycles. The van der Waals surface area contributed by atoms with Crippen LogP contribution in [0.4, 0.5) is 0 Å². The van der Waals surface area contributed by atoms with E-state index in [-0.39, 0.29) is 0 Å². The lowest BCUT2D eigenvalue weighted by atomic mass is 9.88. The van der Waals surface area contributed by atoms with Crippen molar-refractivity contribution in [3.8, 4) is 0 Å². The quantitative estimate of drug-likeness (QED) is 0.670. The van der Waals surface area contributed by atoms with Crippen LogP contribution in [-0.4, -0.2) is 31.1 Å². The van der Waals surface area contributed by atoms with Crippen LogP contribution in [-0.2, 0) is 0 Å². The van der Waals surface area contributed by atoms with Crippen molar-refractivity contribution in [3.05, 3.63) is 12.2 Å². The average molecular weight is 182 g/mol. The maximum atomic E-state index is 5.52. The molecule has 2 unspecified atom stereocenters. The number of nitrogens with zero attached hydrogens (tertiary/aromatic N) is 1. The molecule has 2 nitrogen and oxygen atoms in total. The molecule has 2 N–H and O–H groups in total. The molecule has 1 aliphatic rings. The Morgan fingerprint density at radius 2 is 2.15 bits per heavy atom. The van der Waals surface area contributed by atoms with Crippen molar-refractivity contribution in [2.45, 2.75) is 20.3 Å². The minimum Gasteiger partial charge on any atom is -0.327 e. The normalized spacial score (nSPS) is 30.4. The third-order valence-electron chi connectivity index (χ3n) is 3.15. The predicted octanol–water partition coefficient (Wildman–Crippen LogP) is 1.48. The van der Waals surface area contributed by atoms with Crippen LogP contribution < -0.4 is 5.73 Å². The highest BCUT2D eigenvalue weighted by molar-refractivity contribution is 4.99. The number of hydrogen-bond acceptors (Lipinski definition) is 2. The third-order valence-corrected chi connectivity index (χ3v) is 3.15. The Morgan fingerprint density at radius 3 is 2.69 bits per heavy atom. The summed E-state index contributed by atoms with van der Waals surface area (Å²) in [5, 5.41) is 0. The van der Waals surface area contributed by atoms with E-state index in [1.165, 1.54) is 19.5 Å². The number of hydrogen-bond donors (Lipinski definition) is 1. The molecular weight excluding hydrogens is 160 g/mol. The molecule has 0 bridgehead atoms. The van der Waals surface area contributed by atoms with E-state index in [1.54, 1.807) is 0 Å². The van der Waals surface area contributed by atoms with Crippen molar-refractivity contribution < 1.29 is 0 Å². The highest BCUT2D eigenvalue weighted by Crippen LogP contribution is 2.22. The van der Waals surface area contributed by atoms with E-state index >= 15 is 0 Å². The second-order valence-corrected chi connectivity index (χ2v) is 4.43. The van der Waals surface area contributed by atoms with E-state index in [9.17, 15) is 0 Å². The summed E-state index contributed by atoms with van der Waals surface area (Å²) < 4.78 is 0. The molecule has 1 saturated heterocycles. The number of likely N-dealkylation sites (tertiary alicyclic amines) is 1. The highest BCUT2D eigenvalue weighted by atomic mass is 15.1. The largest absolute Gasteiger partial charge is 0.327 e. The smallest absolute Gasteiger partial charge is 0.0202 e. The molecule has 13 heavy (non-hydrogen) atoms. The van der Waals surface area contributed by atoms with Gasteiger partial charge in [-0.2, -0.15) is 0 Å². The summed E-state index contributed by atoms with van der Waals surface area (Å²) in [6.07, 6.45) is 1.32. The Hall–Kier alpha value is -0.340. The monoisotopic (exact) mass is 182 g/mol. The predicted molar refractivity (Wildman–Crippen MR) is 57.6 cm³/mol. The van der Waals surface area contributed by atoms with Gasteiger partial charge in [0.1, 0.15) is 0 Å². The van der Waals surface area contributed by atoms with Crippen LogP contribution in [0.15, 0.2) is 12.2 Å². The molecule has 0 aromatic rings. The summed E-state index contributed by atoms with van der Waals surface area (Å²) in [7, 11) is 0. The molecule has 1 aliphatic heterocycles. The van der Waals surface area contributed by atoms with Gasteiger partial charge in [0.25, 0.3) is 0 Å².